The van der Waals surface area contributed by atoms with Crippen LogP contribution in [0.15, 0.2) is 72.3 Å². The number of hydrogen-bond acceptors (Lipinski definition) is 7. The molecule has 8 heteroatoms. The second-order valence-electron chi connectivity index (χ2n) is 9.47. The predicted molar refractivity (Wildman–Crippen MR) is 145 cm³/mol. The van der Waals surface area contributed by atoms with Gasteiger partial charge in [-0.2, -0.15) is 0 Å². The van der Waals surface area contributed by atoms with Crippen LogP contribution in [-0.2, 0) is 16.1 Å². The molecule has 1 unspecified atom stereocenters. The lowest BCUT2D eigenvalue weighted by Gasteiger charge is -2.25. The van der Waals surface area contributed by atoms with Gasteiger partial charge in [-0.25, -0.2) is 0 Å². The van der Waals surface area contributed by atoms with Crippen LogP contribution in [0.1, 0.15) is 48.9 Å². The van der Waals surface area contributed by atoms with Crippen molar-refractivity contribution >= 4 is 17.4 Å². The molecule has 0 bridgehead atoms. The maximum absolute atomic E-state index is 13.4. The second-order valence-corrected chi connectivity index (χ2v) is 9.47. The van der Waals surface area contributed by atoms with Crippen molar-refractivity contribution in [3.63, 3.8) is 0 Å². The Morgan fingerprint density at radius 3 is 2.38 bits per heavy atom. The first-order valence-corrected chi connectivity index (χ1v) is 13.0. The third-order valence-corrected chi connectivity index (χ3v) is 6.91. The van der Waals surface area contributed by atoms with Crippen LogP contribution >= 0.6 is 0 Å². The van der Waals surface area contributed by atoms with Gasteiger partial charge in [0.2, 0.25) is 6.79 Å². The maximum atomic E-state index is 13.4. The third kappa shape index (κ3) is 5.41. The van der Waals surface area contributed by atoms with Crippen LogP contribution in [0.25, 0.3) is 5.76 Å². The van der Waals surface area contributed by atoms with Crippen LogP contribution in [0.5, 0.6) is 23.0 Å². The highest BCUT2D eigenvalue weighted by Crippen LogP contribution is 2.42. The van der Waals surface area contributed by atoms with Crippen molar-refractivity contribution in [3.05, 3.63) is 89.0 Å². The van der Waals surface area contributed by atoms with Gasteiger partial charge in [-0.3, -0.25) is 9.59 Å². The van der Waals surface area contributed by atoms with E-state index in [0.29, 0.717) is 40.7 Å². The molecule has 0 saturated carbocycles. The van der Waals surface area contributed by atoms with E-state index in [4.69, 9.17) is 18.9 Å². The van der Waals surface area contributed by atoms with Crippen molar-refractivity contribution < 1.29 is 33.6 Å². The lowest BCUT2D eigenvalue weighted by Crippen LogP contribution is -2.29. The fourth-order valence-electron chi connectivity index (χ4n) is 4.82. The minimum atomic E-state index is -0.800. The van der Waals surface area contributed by atoms with E-state index >= 15 is 0 Å². The Hall–Kier alpha value is -4.46. The molecule has 2 aliphatic heterocycles. The average Bonchev–Trinajstić information content (AvgIpc) is 3.53. The quantitative estimate of drug-likeness (QED) is 0.158. The number of aliphatic hydroxyl groups is 1. The van der Waals surface area contributed by atoms with E-state index in [1.165, 1.54) is 4.90 Å². The summed E-state index contributed by atoms with van der Waals surface area (Å²) in [5.41, 5.74) is 1.90. The normalized spacial score (nSPS) is 17.5. The molecule has 3 aromatic rings. The number of amides is 1. The number of carbonyl (C=O) groups is 2. The highest BCUT2D eigenvalue weighted by Gasteiger charge is 2.46. The van der Waals surface area contributed by atoms with Gasteiger partial charge in [0.25, 0.3) is 11.7 Å². The van der Waals surface area contributed by atoms with Crippen LogP contribution in [0, 0.1) is 0 Å². The van der Waals surface area contributed by atoms with Gasteiger partial charge in [0.05, 0.1) is 25.3 Å². The van der Waals surface area contributed by atoms with E-state index in [2.05, 4.69) is 6.92 Å². The molecular weight excluding hydrogens is 498 g/mol. The lowest BCUT2D eigenvalue weighted by atomic mass is 9.95. The van der Waals surface area contributed by atoms with Crippen molar-refractivity contribution in [3.8, 4) is 23.0 Å². The number of Topliss-reactive ketones (excluding diaryl/α,β-unsaturated/α-hetero) is 1. The zero-order valence-electron chi connectivity index (χ0n) is 22.0. The van der Waals surface area contributed by atoms with Crippen molar-refractivity contribution in [2.24, 2.45) is 0 Å². The Balaban J connectivity index is 1.49. The van der Waals surface area contributed by atoms with Crippen molar-refractivity contribution in [2.45, 2.75) is 38.8 Å². The summed E-state index contributed by atoms with van der Waals surface area (Å²) < 4.78 is 21.9. The number of benzene rings is 3. The number of nitrogens with zero attached hydrogens (tertiary/aromatic N) is 1. The zero-order chi connectivity index (χ0) is 27.4. The number of carbonyl (C=O) groups excluding carboxylic acids is 2. The summed E-state index contributed by atoms with van der Waals surface area (Å²) in [4.78, 5) is 28.2. The molecule has 3 aromatic carbocycles. The van der Waals surface area contributed by atoms with Crippen LogP contribution in [0.2, 0.25) is 0 Å². The predicted octanol–water partition coefficient (Wildman–Crippen LogP) is 5.61. The highest BCUT2D eigenvalue weighted by atomic mass is 16.7. The summed E-state index contributed by atoms with van der Waals surface area (Å²) in [5, 5.41) is 11.4. The van der Waals surface area contributed by atoms with Crippen LogP contribution in [0.3, 0.4) is 0 Å². The van der Waals surface area contributed by atoms with Gasteiger partial charge in [0.15, 0.2) is 11.5 Å². The van der Waals surface area contributed by atoms with E-state index in [0.717, 1.165) is 24.8 Å². The molecular formula is C31H31NO7. The Morgan fingerprint density at radius 2 is 1.67 bits per heavy atom. The number of ether oxygens (including phenoxy) is 4. The van der Waals surface area contributed by atoms with Gasteiger partial charge < -0.3 is 29.0 Å². The molecule has 0 aliphatic carbocycles. The van der Waals surface area contributed by atoms with Gasteiger partial charge in [-0.15, -0.1) is 0 Å². The summed E-state index contributed by atoms with van der Waals surface area (Å²) in [6.07, 6.45) is 3.17. The zero-order valence-corrected chi connectivity index (χ0v) is 22.0. The van der Waals surface area contributed by atoms with Crippen molar-refractivity contribution in [2.75, 3.05) is 20.5 Å². The summed E-state index contributed by atoms with van der Waals surface area (Å²) in [5.74, 6) is 0.866. The number of hydrogen-bond donors (Lipinski definition) is 1. The van der Waals surface area contributed by atoms with E-state index < -0.39 is 17.7 Å². The van der Waals surface area contributed by atoms with E-state index in [1.54, 1.807) is 67.8 Å². The van der Waals surface area contributed by atoms with E-state index in [9.17, 15) is 14.7 Å². The molecule has 8 nitrogen and oxygen atoms in total. The van der Waals surface area contributed by atoms with Gasteiger partial charge in [0, 0.05) is 12.1 Å². The molecule has 1 amide bonds. The smallest absolute Gasteiger partial charge is 0.295 e. The summed E-state index contributed by atoms with van der Waals surface area (Å²) in [6.45, 7) is 3.02. The summed E-state index contributed by atoms with van der Waals surface area (Å²) in [6, 6.07) is 18.6. The minimum absolute atomic E-state index is 0.0301. The summed E-state index contributed by atoms with van der Waals surface area (Å²) in [7, 11) is 1.57. The molecule has 0 radical (unpaired) electrons. The van der Waals surface area contributed by atoms with E-state index in [1.807, 2.05) is 6.07 Å². The lowest BCUT2D eigenvalue weighted by molar-refractivity contribution is -0.140. The molecule has 39 heavy (non-hydrogen) atoms. The minimum Gasteiger partial charge on any atom is -0.507 e. The monoisotopic (exact) mass is 529 g/mol. The van der Waals surface area contributed by atoms with Crippen LogP contribution in [0.4, 0.5) is 0 Å². The first-order chi connectivity index (χ1) is 19.0. The standard InChI is InChI=1S/C31H31NO7/c1-3-4-5-16-37-24-13-9-22(10-14-24)29(33)27-28(21-7-11-23(36-2)12-8-21)32(31(35)30(27)34)18-20-6-15-25-26(17-20)39-19-38-25/h6-15,17,28,33H,3-5,16,18-19H2,1-2H3/b29-27+. The first-order valence-electron chi connectivity index (χ1n) is 13.0. The van der Waals surface area contributed by atoms with Gasteiger partial charge in [-0.1, -0.05) is 38.0 Å². The van der Waals surface area contributed by atoms with Crippen LogP contribution < -0.4 is 18.9 Å². The number of methoxy groups -OCH3 is 1. The van der Waals surface area contributed by atoms with Gasteiger partial charge in [-0.05, 0) is 66.1 Å². The number of ketones is 1. The fourth-order valence-corrected chi connectivity index (χ4v) is 4.82. The Bertz CT molecular complexity index is 1380. The molecule has 202 valence electrons. The topological polar surface area (TPSA) is 94.5 Å². The molecule has 1 N–H and O–H groups in total. The molecule has 0 aromatic heterocycles. The largest absolute Gasteiger partial charge is 0.507 e. The molecule has 1 saturated heterocycles. The Kier molecular flexibility index (Phi) is 7.72. The van der Waals surface area contributed by atoms with Gasteiger partial charge in [0.1, 0.15) is 17.3 Å². The van der Waals surface area contributed by atoms with Crippen molar-refractivity contribution in [1.82, 2.24) is 4.90 Å². The number of likely N-dealkylation sites (tertiary alicyclic amines) is 1. The third-order valence-electron chi connectivity index (χ3n) is 6.91. The first kappa shape index (κ1) is 26.2. The average molecular weight is 530 g/mol. The Morgan fingerprint density at radius 1 is 0.949 bits per heavy atom. The number of fused-ring (bicyclic) bond motifs is 1. The number of rotatable bonds is 10. The molecule has 5 rings (SSSR count). The SMILES string of the molecule is CCCCCOc1ccc(/C(O)=C2\C(=O)C(=O)N(Cc3ccc4c(c3)OCO4)C2c2ccc(OC)cc2)cc1. The van der Waals surface area contributed by atoms with Crippen molar-refractivity contribution in [1.29, 1.82) is 0 Å². The van der Waals surface area contributed by atoms with Gasteiger partial charge >= 0.3 is 0 Å². The maximum Gasteiger partial charge on any atom is 0.295 e. The molecule has 1 atom stereocenters. The molecule has 1 fully saturated rings. The molecule has 2 heterocycles. The fraction of sp³-hybridized carbons (Fsp3) is 0.290. The highest BCUT2D eigenvalue weighted by molar-refractivity contribution is 6.46. The number of aliphatic hydroxyl groups excluding tert-OH is 1. The Labute approximate surface area is 227 Å². The molecule has 0 spiro atoms. The number of unbranched alkanes of at least 4 members (excludes halogenated alkanes) is 2. The second kappa shape index (κ2) is 11.5. The summed E-state index contributed by atoms with van der Waals surface area (Å²) >= 11 is 0. The van der Waals surface area contributed by atoms with E-state index in [-0.39, 0.29) is 24.7 Å². The molecule has 2 aliphatic rings. The van der Waals surface area contributed by atoms with Crippen LogP contribution in [-0.4, -0.2) is 42.2 Å².